The van der Waals surface area contributed by atoms with E-state index in [0.29, 0.717) is 0 Å². The third kappa shape index (κ3) is 2.50. The van der Waals surface area contributed by atoms with Gasteiger partial charge >= 0.3 is 0 Å². The van der Waals surface area contributed by atoms with Gasteiger partial charge in [-0.1, -0.05) is 6.92 Å². The summed E-state index contributed by atoms with van der Waals surface area (Å²) in [6, 6.07) is 1.97. The number of rotatable bonds is 2. The lowest BCUT2D eigenvalue weighted by atomic mass is 9.99. The smallest absolute Gasteiger partial charge is 0.121 e. The lowest BCUT2D eigenvalue weighted by Crippen LogP contribution is -2.32. The zero-order chi connectivity index (χ0) is 10.8. The predicted octanol–water partition coefficient (Wildman–Crippen LogP) is 1.23. The summed E-state index contributed by atoms with van der Waals surface area (Å²) >= 11 is 0. The maximum atomic E-state index is 5.75. The fourth-order valence-corrected chi connectivity index (χ4v) is 2.07. The summed E-state index contributed by atoms with van der Waals surface area (Å²) in [7, 11) is 1.89. The van der Waals surface area contributed by atoms with Crippen molar-refractivity contribution in [2.45, 2.75) is 26.3 Å². The molecule has 0 radical (unpaired) electrons. The van der Waals surface area contributed by atoms with Crippen LogP contribution in [0.3, 0.4) is 0 Å². The van der Waals surface area contributed by atoms with E-state index in [1.54, 1.807) is 4.68 Å². The Balaban J connectivity index is 1.91. The van der Waals surface area contributed by atoms with Gasteiger partial charge in [-0.3, -0.25) is 9.58 Å². The van der Waals surface area contributed by atoms with E-state index < -0.39 is 0 Å². The molecular formula is C11H20N4. The van der Waals surface area contributed by atoms with E-state index in [2.05, 4.69) is 16.9 Å². The number of nitrogens with two attached hydrogens (primary N) is 1. The number of aryl methyl sites for hydroxylation is 1. The second kappa shape index (κ2) is 4.23. The second-order valence-electron chi connectivity index (χ2n) is 4.64. The molecule has 1 aromatic heterocycles. The van der Waals surface area contributed by atoms with Crippen molar-refractivity contribution in [3.8, 4) is 0 Å². The fourth-order valence-electron chi connectivity index (χ4n) is 2.07. The molecule has 0 saturated carbocycles. The SMILES string of the molecule is CC1CCN(Cc2cc(N)n(C)n2)CC1. The first-order valence-corrected chi connectivity index (χ1v) is 5.66. The van der Waals surface area contributed by atoms with Crippen LogP contribution in [0, 0.1) is 5.92 Å². The summed E-state index contributed by atoms with van der Waals surface area (Å²) in [4.78, 5) is 2.46. The molecule has 1 aliphatic rings. The summed E-state index contributed by atoms with van der Waals surface area (Å²) in [6.07, 6.45) is 2.62. The first-order chi connectivity index (χ1) is 7.15. The first-order valence-electron chi connectivity index (χ1n) is 5.66. The third-order valence-corrected chi connectivity index (χ3v) is 3.23. The minimum atomic E-state index is 0.746. The monoisotopic (exact) mass is 208 g/mol. The van der Waals surface area contributed by atoms with Gasteiger partial charge in [-0.15, -0.1) is 0 Å². The minimum absolute atomic E-state index is 0.746. The molecule has 0 atom stereocenters. The Bertz CT molecular complexity index is 304. The van der Waals surface area contributed by atoms with E-state index >= 15 is 0 Å². The van der Waals surface area contributed by atoms with Crippen LogP contribution < -0.4 is 5.73 Å². The summed E-state index contributed by atoms with van der Waals surface area (Å²) < 4.78 is 1.74. The van der Waals surface area contributed by atoms with Gasteiger partial charge in [-0.2, -0.15) is 5.10 Å². The van der Waals surface area contributed by atoms with Crippen molar-refractivity contribution in [2.75, 3.05) is 18.8 Å². The van der Waals surface area contributed by atoms with E-state index in [1.165, 1.54) is 25.9 Å². The van der Waals surface area contributed by atoms with Crippen LogP contribution in [0.25, 0.3) is 0 Å². The predicted molar refractivity (Wildman–Crippen MR) is 61.3 cm³/mol. The molecule has 4 heteroatoms. The molecule has 0 aromatic carbocycles. The van der Waals surface area contributed by atoms with Gasteiger partial charge in [0.05, 0.1) is 5.69 Å². The molecule has 2 N–H and O–H groups in total. The van der Waals surface area contributed by atoms with Crippen molar-refractivity contribution in [1.29, 1.82) is 0 Å². The molecule has 0 amide bonds. The zero-order valence-electron chi connectivity index (χ0n) is 9.61. The molecule has 15 heavy (non-hydrogen) atoms. The van der Waals surface area contributed by atoms with E-state index in [9.17, 15) is 0 Å². The van der Waals surface area contributed by atoms with Crippen molar-refractivity contribution in [3.05, 3.63) is 11.8 Å². The van der Waals surface area contributed by atoms with Gasteiger partial charge in [0.15, 0.2) is 0 Å². The van der Waals surface area contributed by atoms with E-state index in [1.807, 2.05) is 13.1 Å². The van der Waals surface area contributed by atoms with Crippen LogP contribution in [0.15, 0.2) is 6.07 Å². The number of piperidine rings is 1. The average molecular weight is 208 g/mol. The molecule has 1 fully saturated rings. The number of aromatic nitrogens is 2. The molecule has 0 spiro atoms. The number of anilines is 1. The van der Waals surface area contributed by atoms with Gasteiger partial charge in [0.1, 0.15) is 5.82 Å². The highest BCUT2D eigenvalue weighted by molar-refractivity contribution is 5.30. The topological polar surface area (TPSA) is 47.1 Å². The molecule has 0 aliphatic carbocycles. The van der Waals surface area contributed by atoms with Gasteiger partial charge in [0.25, 0.3) is 0 Å². The highest BCUT2D eigenvalue weighted by Gasteiger charge is 2.16. The Kier molecular flexibility index (Phi) is 2.95. The van der Waals surface area contributed by atoms with Crippen molar-refractivity contribution in [2.24, 2.45) is 13.0 Å². The Hall–Kier alpha value is -1.03. The number of likely N-dealkylation sites (tertiary alicyclic amines) is 1. The van der Waals surface area contributed by atoms with Crippen molar-refractivity contribution in [1.82, 2.24) is 14.7 Å². The molecule has 1 aromatic rings. The third-order valence-electron chi connectivity index (χ3n) is 3.23. The summed E-state index contributed by atoms with van der Waals surface area (Å²) in [5.74, 6) is 1.63. The standard InChI is InChI=1S/C11H20N4/c1-9-3-5-15(6-4-9)8-10-7-11(12)14(2)13-10/h7,9H,3-6,8,12H2,1-2H3. The molecule has 84 valence electrons. The molecule has 1 aliphatic heterocycles. The van der Waals surface area contributed by atoms with E-state index in [-0.39, 0.29) is 0 Å². The van der Waals surface area contributed by atoms with Crippen LogP contribution in [0.4, 0.5) is 5.82 Å². The van der Waals surface area contributed by atoms with Gasteiger partial charge < -0.3 is 5.73 Å². The number of hydrogen-bond donors (Lipinski definition) is 1. The molecule has 2 rings (SSSR count). The highest BCUT2D eigenvalue weighted by atomic mass is 15.3. The van der Waals surface area contributed by atoms with Crippen LogP contribution in [0.5, 0.6) is 0 Å². The molecule has 1 saturated heterocycles. The van der Waals surface area contributed by atoms with Crippen LogP contribution >= 0.6 is 0 Å². The van der Waals surface area contributed by atoms with Crippen molar-refractivity contribution >= 4 is 5.82 Å². The fraction of sp³-hybridized carbons (Fsp3) is 0.727. The normalized spacial score (nSPS) is 19.6. The maximum absolute atomic E-state index is 5.75. The number of nitrogen functional groups attached to an aromatic ring is 1. The van der Waals surface area contributed by atoms with Crippen LogP contribution in [-0.2, 0) is 13.6 Å². The van der Waals surface area contributed by atoms with E-state index in [4.69, 9.17) is 5.73 Å². The Morgan fingerprint density at radius 1 is 1.47 bits per heavy atom. The molecule has 0 bridgehead atoms. The number of hydrogen-bond acceptors (Lipinski definition) is 3. The Morgan fingerprint density at radius 3 is 2.67 bits per heavy atom. The summed E-state index contributed by atoms with van der Waals surface area (Å²) in [6.45, 7) is 5.66. The van der Waals surface area contributed by atoms with Gasteiger partial charge in [-0.25, -0.2) is 0 Å². The van der Waals surface area contributed by atoms with Crippen LogP contribution in [0.2, 0.25) is 0 Å². The maximum Gasteiger partial charge on any atom is 0.121 e. The Labute approximate surface area is 91.1 Å². The lowest BCUT2D eigenvalue weighted by Gasteiger charge is -2.29. The van der Waals surface area contributed by atoms with Gasteiger partial charge in [0, 0.05) is 19.7 Å². The van der Waals surface area contributed by atoms with Crippen LogP contribution in [-0.4, -0.2) is 27.8 Å². The lowest BCUT2D eigenvalue weighted by molar-refractivity contribution is 0.183. The average Bonchev–Trinajstić information content (AvgIpc) is 2.50. The summed E-state index contributed by atoms with van der Waals surface area (Å²) in [5.41, 5.74) is 6.84. The van der Waals surface area contributed by atoms with Crippen LogP contribution in [0.1, 0.15) is 25.5 Å². The van der Waals surface area contributed by atoms with Gasteiger partial charge in [0.2, 0.25) is 0 Å². The molecule has 0 unspecified atom stereocenters. The highest BCUT2D eigenvalue weighted by Crippen LogP contribution is 2.18. The minimum Gasteiger partial charge on any atom is -0.384 e. The first kappa shape index (κ1) is 10.5. The van der Waals surface area contributed by atoms with Gasteiger partial charge in [-0.05, 0) is 31.8 Å². The largest absolute Gasteiger partial charge is 0.384 e. The Morgan fingerprint density at radius 2 is 2.13 bits per heavy atom. The summed E-state index contributed by atoms with van der Waals surface area (Å²) in [5, 5.41) is 4.37. The van der Waals surface area contributed by atoms with E-state index in [0.717, 1.165) is 24.0 Å². The zero-order valence-corrected chi connectivity index (χ0v) is 9.61. The van der Waals surface area contributed by atoms with Crippen molar-refractivity contribution < 1.29 is 0 Å². The molecule has 2 heterocycles. The van der Waals surface area contributed by atoms with Crippen molar-refractivity contribution in [3.63, 3.8) is 0 Å². The number of nitrogens with zero attached hydrogens (tertiary/aromatic N) is 3. The molecule has 4 nitrogen and oxygen atoms in total. The second-order valence-corrected chi connectivity index (χ2v) is 4.64. The quantitative estimate of drug-likeness (QED) is 0.795. The molecular weight excluding hydrogens is 188 g/mol.